The minimum Gasteiger partial charge on any atom is -0.492 e. The van der Waals surface area contributed by atoms with Crippen LogP contribution in [-0.4, -0.2) is 37.2 Å². The zero-order chi connectivity index (χ0) is 14.8. The molecule has 1 aromatic carbocycles. The molecule has 3 heteroatoms. The zero-order valence-corrected chi connectivity index (χ0v) is 13.5. The third kappa shape index (κ3) is 5.93. The number of likely N-dealkylation sites (N-methyl/N-ethyl adjacent to an activating group) is 1. The summed E-state index contributed by atoms with van der Waals surface area (Å²) in [6.07, 6.45) is 1.19. The lowest BCUT2D eigenvalue weighted by molar-refractivity contribution is 0.171. The maximum absolute atomic E-state index is 5.88. The molecule has 0 fully saturated rings. The van der Waals surface area contributed by atoms with Crippen LogP contribution in [0.2, 0.25) is 0 Å². The number of nitrogens with one attached hydrogen (secondary N) is 1. The largest absolute Gasteiger partial charge is 0.492 e. The van der Waals surface area contributed by atoms with Gasteiger partial charge in [0.15, 0.2) is 0 Å². The second-order valence-corrected chi connectivity index (χ2v) is 5.16. The fraction of sp³-hybridized carbons (Fsp3) is 0.647. The Labute approximate surface area is 124 Å². The highest BCUT2D eigenvalue weighted by Crippen LogP contribution is 2.13. The maximum atomic E-state index is 5.88. The first kappa shape index (κ1) is 17.0. The molecule has 1 aromatic rings. The highest BCUT2D eigenvalue weighted by molar-refractivity contribution is 5.28. The number of ether oxygens (including phenoxy) is 1. The maximum Gasteiger partial charge on any atom is 0.119 e. The average molecular weight is 278 g/mol. The van der Waals surface area contributed by atoms with Crippen molar-refractivity contribution in [2.75, 3.05) is 26.2 Å². The van der Waals surface area contributed by atoms with E-state index in [-0.39, 0.29) is 0 Å². The standard InChI is InChI=1S/C17H30N2O/c1-5-15(4)19(7-3)11-12-20-17-10-8-9-16(13-17)14-18-6-2/h8-10,13,15,18H,5-7,11-12,14H2,1-4H3. The fourth-order valence-electron chi connectivity index (χ4n) is 2.24. The average Bonchev–Trinajstić information content (AvgIpc) is 2.49. The lowest BCUT2D eigenvalue weighted by atomic mass is 10.2. The van der Waals surface area contributed by atoms with E-state index in [0.717, 1.165) is 38.5 Å². The van der Waals surface area contributed by atoms with Crippen LogP contribution in [0, 0.1) is 0 Å². The van der Waals surface area contributed by atoms with Crippen molar-refractivity contribution in [3.63, 3.8) is 0 Å². The third-order valence-electron chi connectivity index (χ3n) is 3.75. The van der Waals surface area contributed by atoms with E-state index in [1.54, 1.807) is 0 Å². The summed E-state index contributed by atoms with van der Waals surface area (Å²) in [7, 11) is 0. The second-order valence-electron chi connectivity index (χ2n) is 5.16. The molecule has 0 radical (unpaired) electrons. The topological polar surface area (TPSA) is 24.5 Å². The molecule has 0 aliphatic carbocycles. The predicted octanol–water partition coefficient (Wildman–Crippen LogP) is 3.30. The van der Waals surface area contributed by atoms with Crippen molar-refractivity contribution < 1.29 is 4.74 Å². The van der Waals surface area contributed by atoms with Crippen molar-refractivity contribution in [2.45, 2.75) is 46.7 Å². The third-order valence-corrected chi connectivity index (χ3v) is 3.75. The summed E-state index contributed by atoms with van der Waals surface area (Å²) in [5, 5.41) is 3.33. The number of hydrogen-bond acceptors (Lipinski definition) is 3. The van der Waals surface area contributed by atoms with Crippen LogP contribution in [-0.2, 0) is 6.54 Å². The Morgan fingerprint density at radius 2 is 2.05 bits per heavy atom. The Morgan fingerprint density at radius 1 is 1.25 bits per heavy atom. The molecular weight excluding hydrogens is 248 g/mol. The van der Waals surface area contributed by atoms with Crippen molar-refractivity contribution in [1.82, 2.24) is 10.2 Å². The molecule has 0 saturated carbocycles. The van der Waals surface area contributed by atoms with Crippen LogP contribution in [0.1, 0.15) is 39.7 Å². The van der Waals surface area contributed by atoms with Gasteiger partial charge in [0.1, 0.15) is 12.4 Å². The quantitative estimate of drug-likeness (QED) is 0.711. The minimum absolute atomic E-state index is 0.628. The summed E-state index contributed by atoms with van der Waals surface area (Å²) in [5.41, 5.74) is 1.28. The molecule has 0 bridgehead atoms. The predicted molar refractivity (Wildman–Crippen MR) is 86.3 cm³/mol. The normalized spacial score (nSPS) is 12.7. The Morgan fingerprint density at radius 3 is 2.70 bits per heavy atom. The molecule has 114 valence electrons. The fourth-order valence-corrected chi connectivity index (χ4v) is 2.24. The summed E-state index contributed by atoms with van der Waals surface area (Å²) in [5.74, 6) is 0.973. The summed E-state index contributed by atoms with van der Waals surface area (Å²) in [6, 6.07) is 8.99. The molecule has 0 amide bonds. The monoisotopic (exact) mass is 278 g/mol. The molecule has 0 aromatic heterocycles. The van der Waals surface area contributed by atoms with Gasteiger partial charge in [-0.25, -0.2) is 0 Å². The van der Waals surface area contributed by atoms with Crippen LogP contribution in [0.25, 0.3) is 0 Å². The molecule has 0 saturated heterocycles. The summed E-state index contributed by atoms with van der Waals surface area (Å²) >= 11 is 0. The van der Waals surface area contributed by atoms with Gasteiger partial charge in [-0.15, -0.1) is 0 Å². The zero-order valence-electron chi connectivity index (χ0n) is 13.5. The SMILES string of the molecule is CCNCc1cccc(OCCN(CC)C(C)CC)c1. The Kier molecular flexibility index (Phi) is 8.31. The molecule has 0 aliphatic rings. The van der Waals surface area contributed by atoms with Crippen molar-refractivity contribution >= 4 is 0 Å². The highest BCUT2D eigenvalue weighted by atomic mass is 16.5. The van der Waals surface area contributed by atoms with Crippen LogP contribution >= 0.6 is 0 Å². The second kappa shape index (κ2) is 9.78. The van der Waals surface area contributed by atoms with Gasteiger partial charge in [-0.3, -0.25) is 4.90 Å². The van der Waals surface area contributed by atoms with E-state index in [1.165, 1.54) is 12.0 Å². The van der Waals surface area contributed by atoms with Crippen LogP contribution < -0.4 is 10.1 Å². The lowest BCUT2D eigenvalue weighted by Crippen LogP contribution is -2.35. The smallest absolute Gasteiger partial charge is 0.119 e. The molecule has 0 heterocycles. The molecule has 0 spiro atoms. The molecule has 0 aliphatic heterocycles. The first-order chi connectivity index (χ1) is 9.71. The molecule has 20 heavy (non-hydrogen) atoms. The van der Waals surface area contributed by atoms with Crippen LogP contribution in [0.4, 0.5) is 0 Å². The van der Waals surface area contributed by atoms with E-state index in [4.69, 9.17) is 4.74 Å². The molecule has 1 atom stereocenters. The number of hydrogen-bond donors (Lipinski definition) is 1. The van der Waals surface area contributed by atoms with Gasteiger partial charge in [-0.05, 0) is 44.1 Å². The van der Waals surface area contributed by atoms with E-state index < -0.39 is 0 Å². The van der Waals surface area contributed by atoms with Crippen molar-refractivity contribution in [2.24, 2.45) is 0 Å². The van der Waals surface area contributed by atoms with E-state index in [9.17, 15) is 0 Å². The van der Waals surface area contributed by atoms with Gasteiger partial charge in [0.25, 0.3) is 0 Å². The lowest BCUT2D eigenvalue weighted by Gasteiger charge is -2.26. The van der Waals surface area contributed by atoms with Crippen molar-refractivity contribution in [3.05, 3.63) is 29.8 Å². The van der Waals surface area contributed by atoms with Crippen LogP contribution in [0.5, 0.6) is 5.75 Å². The van der Waals surface area contributed by atoms with Gasteiger partial charge in [0.2, 0.25) is 0 Å². The van der Waals surface area contributed by atoms with Gasteiger partial charge in [-0.2, -0.15) is 0 Å². The number of nitrogens with zero attached hydrogens (tertiary/aromatic N) is 1. The Hall–Kier alpha value is -1.06. The van der Waals surface area contributed by atoms with Crippen molar-refractivity contribution in [1.29, 1.82) is 0 Å². The van der Waals surface area contributed by atoms with Gasteiger partial charge >= 0.3 is 0 Å². The molecular formula is C17H30N2O. The van der Waals surface area contributed by atoms with Gasteiger partial charge in [-0.1, -0.05) is 32.9 Å². The molecule has 1 unspecified atom stereocenters. The highest BCUT2D eigenvalue weighted by Gasteiger charge is 2.09. The number of rotatable bonds is 10. The van der Waals surface area contributed by atoms with Crippen molar-refractivity contribution in [3.8, 4) is 5.75 Å². The number of benzene rings is 1. The van der Waals surface area contributed by atoms with E-state index in [2.05, 4.69) is 56.1 Å². The molecule has 1 rings (SSSR count). The molecule has 3 nitrogen and oxygen atoms in total. The first-order valence-electron chi connectivity index (χ1n) is 7.87. The van der Waals surface area contributed by atoms with Crippen LogP contribution in [0.3, 0.4) is 0 Å². The minimum atomic E-state index is 0.628. The summed E-state index contributed by atoms with van der Waals surface area (Å²) in [4.78, 5) is 2.46. The summed E-state index contributed by atoms with van der Waals surface area (Å²) in [6.45, 7) is 13.6. The Bertz CT molecular complexity index is 368. The van der Waals surface area contributed by atoms with E-state index in [0.29, 0.717) is 6.04 Å². The van der Waals surface area contributed by atoms with Gasteiger partial charge < -0.3 is 10.1 Å². The van der Waals surface area contributed by atoms with E-state index >= 15 is 0 Å². The Balaban J connectivity index is 2.41. The summed E-state index contributed by atoms with van der Waals surface area (Å²) < 4.78 is 5.88. The van der Waals surface area contributed by atoms with Crippen LogP contribution in [0.15, 0.2) is 24.3 Å². The first-order valence-corrected chi connectivity index (χ1v) is 7.87. The molecule has 1 N–H and O–H groups in total. The van der Waals surface area contributed by atoms with Gasteiger partial charge in [0, 0.05) is 19.1 Å². The van der Waals surface area contributed by atoms with Gasteiger partial charge in [0.05, 0.1) is 0 Å². The van der Waals surface area contributed by atoms with E-state index in [1.807, 2.05) is 6.07 Å².